The highest BCUT2D eigenvalue weighted by Crippen LogP contribution is 2.36. The van der Waals surface area contributed by atoms with Crippen molar-refractivity contribution in [2.24, 2.45) is 0 Å². The molecule has 2 aromatic rings. The van der Waals surface area contributed by atoms with Gasteiger partial charge in [0.25, 0.3) is 0 Å². The standard InChI is InChI=1S/C15H21ClN5O7P/c16-10-4-8(17-7-2-1-3-7)11-14(18-10)21(20-19-11)15-13(23)12(22)9(28-15)5-27-6-29(24,25)26/h4,7,9,12-13,15,22-23H,1-3,5-6H2,(H,17,18)(H2,24,25,26)/t9-,12-,13-,15-/m1/s1. The number of fused-ring (bicyclic) bond motifs is 1. The van der Waals surface area contributed by atoms with E-state index in [1.165, 1.54) is 4.68 Å². The molecule has 0 aromatic carbocycles. The maximum atomic E-state index is 10.9. The molecule has 0 radical (unpaired) electrons. The fourth-order valence-electron chi connectivity index (χ4n) is 3.30. The fourth-order valence-corrected chi connectivity index (χ4v) is 3.83. The zero-order chi connectivity index (χ0) is 20.8. The van der Waals surface area contributed by atoms with Gasteiger partial charge >= 0.3 is 7.60 Å². The van der Waals surface area contributed by atoms with Crippen molar-refractivity contribution in [3.8, 4) is 0 Å². The van der Waals surface area contributed by atoms with Gasteiger partial charge in [0.15, 0.2) is 17.4 Å². The van der Waals surface area contributed by atoms with E-state index < -0.39 is 38.5 Å². The van der Waals surface area contributed by atoms with Crippen molar-refractivity contribution in [3.05, 3.63) is 11.2 Å². The molecular formula is C15H21ClN5O7P. The van der Waals surface area contributed by atoms with Gasteiger partial charge in [-0.15, -0.1) is 5.10 Å². The van der Waals surface area contributed by atoms with E-state index in [1.807, 2.05) is 0 Å². The minimum atomic E-state index is -4.36. The number of nitrogens with one attached hydrogen (secondary N) is 1. The van der Waals surface area contributed by atoms with Crippen molar-refractivity contribution in [3.63, 3.8) is 0 Å². The van der Waals surface area contributed by atoms with Crippen LogP contribution in [0.15, 0.2) is 6.07 Å². The number of anilines is 1. The van der Waals surface area contributed by atoms with Crippen LogP contribution in [0.5, 0.6) is 0 Å². The highest BCUT2D eigenvalue weighted by atomic mass is 35.5. The van der Waals surface area contributed by atoms with Crippen LogP contribution in [-0.4, -0.2) is 77.3 Å². The van der Waals surface area contributed by atoms with Crippen LogP contribution in [0.1, 0.15) is 25.5 Å². The molecule has 0 bridgehead atoms. The van der Waals surface area contributed by atoms with Crippen molar-refractivity contribution in [1.82, 2.24) is 20.0 Å². The van der Waals surface area contributed by atoms with Gasteiger partial charge < -0.3 is 34.8 Å². The van der Waals surface area contributed by atoms with Crippen LogP contribution in [0.4, 0.5) is 5.69 Å². The molecule has 1 aliphatic heterocycles. The van der Waals surface area contributed by atoms with Crippen LogP contribution < -0.4 is 5.32 Å². The maximum absolute atomic E-state index is 10.9. The Morgan fingerprint density at radius 3 is 2.76 bits per heavy atom. The summed E-state index contributed by atoms with van der Waals surface area (Å²) in [4.78, 5) is 21.9. The van der Waals surface area contributed by atoms with Crippen molar-refractivity contribution in [2.45, 2.75) is 49.8 Å². The van der Waals surface area contributed by atoms with E-state index in [0.717, 1.165) is 19.3 Å². The first-order valence-corrected chi connectivity index (χ1v) is 11.2. The van der Waals surface area contributed by atoms with Gasteiger partial charge in [-0.2, -0.15) is 4.68 Å². The van der Waals surface area contributed by atoms with Crippen LogP contribution in [0, 0.1) is 0 Å². The lowest BCUT2D eigenvalue weighted by atomic mass is 9.93. The zero-order valence-electron chi connectivity index (χ0n) is 15.1. The third-order valence-electron chi connectivity index (χ3n) is 4.99. The van der Waals surface area contributed by atoms with Gasteiger partial charge in [-0.3, -0.25) is 4.57 Å². The van der Waals surface area contributed by atoms with Gasteiger partial charge in [-0.05, 0) is 19.3 Å². The molecule has 2 fully saturated rings. The van der Waals surface area contributed by atoms with Crippen molar-refractivity contribution >= 4 is 36.0 Å². The lowest BCUT2D eigenvalue weighted by Crippen LogP contribution is -2.34. The Kier molecular flexibility index (Phi) is 5.79. The molecule has 0 spiro atoms. The highest BCUT2D eigenvalue weighted by molar-refractivity contribution is 7.51. The summed E-state index contributed by atoms with van der Waals surface area (Å²) in [6.45, 7) is -0.324. The maximum Gasteiger partial charge on any atom is 0.350 e. The Hall–Kier alpha value is -1.37. The fraction of sp³-hybridized carbons (Fsp3) is 0.667. The molecule has 5 N–H and O–H groups in total. The van der Waals surface area contributed by atoms with Crippen LogP contribution in [-0.2, 0) is 14.0 Å². The van der Waals surface area contributed by atoms with E-state index in [4.69, 9.17) is 30.9 Å². The number of halogens is 1. The second-order valence-electron chi connectivity index (χ2n) is 7.18. The number of ether oxygens (including phenoxy) is 2. The summed E-state index contributed by atoms with van der Waals surface area (Å²) in [6.07, 6.45) is -2.47. The molecule has 2 aromatic heterocycles. The van der Waals surface area contributed by atoms with E-state index >= 15 is 0 Å². The van der Waals surface area contributed by atoms with Crippen LogP contribution in [0.2, 0.25) is 5.15 Å². The van der Waals surface area contributed by atoms with Crippen LogP contribution >= 0.6 is 19.2 Å². The number of aliphatic hydroxyl groups excluding tert-OH is 2. The van der Waals surface area contributed by atoms with Gasteiger partial charge in [-0.1, -0.05) is 16.8 Å². The number of aromatic nitrogens is 4. The average Bonchev–Trinajstić information content (AvgIpc) is 3.13. The predicted octanol–water partition coefficient (Wildman–Crippen LogP) is 0.215. The molecule has 1 saturated heterocycles. The Labute approximate surface area is 169 Å². The summed E-state index contributed by atoms with van der Waals surface area (Å²) in [5.74, 6) is 0. The van der Waals surface area contributed by atoms with Gasteiger partial charge in [0.1, 0.15) is 29.8 Å². The molecule has 1 saturated carbocycles. The SMILES string of the molecule is O=P(O)(O)COC[C@H]1O[C@@H](n2nnc3c(NC4CCC4)cc(Cl)nc32)[C@H](O)[C@@H]1O. The molecular weight excluding hydrogens is 429 g/mol. The third-order valence-corrected chi connectivity index (χ3v) is 5.70. The molecule has 160 valence electrons. The van der Waals surface area contributed by atoms with E-state index in [1.54, 1.807) is 6.07 Å². The Morgan fingerprint density at radius 1 is 1.34 bits per heavy atom. The average molecular weight is 450 g/mol. The first kappa shape index (κ1) is 20.9. The lowest BCUT2D eigenvalue weighted by Gasteiger charge is -2.27. The lowest BCUT2D eigenvalue weighted by molar-refractivity contribution is -0.0665. The molecule has 4 atom stereocenters. The molecule has 4 rings (SSSR count). The first-order chi connectivity index (χ1) is 13.7. The third kappa shape index (κ3) is 4.39. The van der Waals surface area contributed by atoms with Gasteiger partial charge in [0.05, 0.1) is 12.3 Å². The highest BCUT2D eigenvalue weighted by Gasteiger charge is 2.45. The molecule has 1 aliphatic carbocycles. The largest absolute Gasteiger partial charge is 0.387 e. The van der Waals surface area contributed by atoms with Gasteiger partial charge in [-0.25, -0.2) is 4.98 Å². The smallest absolute Gasteiger partial charge is 0.350 e. The minimum Gasteiger partial charge on any atom is -0.387 e. The van der Waals surface area contributed by atoms with E-state index in [9.17, 15) is 14.8 Å². The zero-order valence-corrected chi connectivity index (χ0v) is 16.8. The molecule has 0 unspecified atom stereocenters. The summed E-state index contributed by atoms with van der Waals surface area (Å²) < 4.78 is 22.6. The van der Waals surface area contributed by atoms with Gasteiger partial charge in [0.2, 0.25) is 0 Å². The number of pyridine rings is 1. The van der Waals surface area contributed by atoms with Crippen LogP contribution in [0.3, 0.4) is 0 Å². The van der Waals surface area contributed by atoms with E-state index in [2.05, 4.69) is 20.6 Å². The second-order valence-corrected chi connectivity index (χ2v) is 9.16. The second kappa shape index (κ2) is 8.05. The summed E-state index contributed by atoms with van der Waals surface area (Å²) in [6, 6.07) is 1.98. The molecule has 0 amide bonds. The van der Waals surface area contributed by atoms with Gasteiger partial charge in [0, 0.05) is 12.1 Å². The number of nitrogens with zero attached hydrogens (tertiary/aromatic N) is 4. The number of hydrogen-bond acceptors (Lipinski definition) is 9. The van der Waals surface area contributed by atoms with Crippen molar-refractivity contribution < 1.29 is 34.0 Å². The molecule has 3 heterocycles. The Bertz CT molecular complexity index is 935. The quantitative estimate of drug-likeness (QED) is 0.289. The summed E-state index contributed by atoms with van der Waals surface area (Å²) in [7, 11) is -4.36. The van der Waals surface area contributed by atoms with E-state index in [0.29, 0.717) is 17.2 Å². The molecule has 12 nitrogen and oxygen atoms in total. The normalized spacial score (nSPS) is 28.0. The van der Waals surface area contributed by atoms with Crippen molar-refractivity contribution in [1.29, 1.82) is 0 Å². The summed E-state index contributed by atoms with van der Waals surface area (Å²) >= 11 is 6.14. The molecule has 2 aliphatic rings. The monoisotopic (exact) mass is 449 g/mol. The molecule has 14 heteroatoms. The number of aliphatic hydroxyl groups is 2. The van der Waals surface area contributed by atoms with E-state index in [-0.39, 0.29) is 17.4 Å². The number of rotatable bonds is 7. The predicted molar refractivity (Wildman–Crippen MR) is 100 cm³/mol. The topological polar surface area (TPSA) is 172 Å². The summed E-state index contributed by atoms with van der Waals surface area (Å²) in [5, 5.41) is 32.3. The minimum absolute atomic E-state index is 0.206. The van der Waals surface area contributed by atoms with Crippen LogP contribution in [0.25, 0.3) is 11.2 Å². The summed E-state index contributed by atoms with van der Waals surface area (Å²) in [5.41, 5.74) is 1.39. The van der Waals surface area contributed by atoms with Crippen molar-refractivity contribution in [2.75, 3.05) is 18.3 Å². The number of hydrogen-bond donors (Lipinski definition) is 5. The Balaban J connectivity index is 1.55. The molecule has 29 heavy (non-hydrogen) atoms. The Morgan fingerprint density at radius 2 is 2.10 bits per heavy atom. The first-order valence-electron chi connectivity index (χ1n) is 9.05.